The Morgan fingerprint density at radius 3 is 2.65 bits per heavy atom. The third-order valence-corrected chi connectivity index (χ3v) is 3.34. The molecule has 0 bridgehead atoms. The molecule has 1 aromatic rings. The number of likely N-dealkylation sites (N-methyl/N-ethyl adjacent to an activating group) is 1. The van der Waals surface area contributed by atoms with Gasteiger partial charge in [-0.25, -0.2) is 0 Å². The lowest BCUT2D eigenvalue weighted by atomic mass is 10.1. The van der Waals surface area contributed by atoms with Crippen molar-refractivity contribution in [2.45, 2.75) is 13.0 Å². The summed E-state index contributed by atoms with van der Waals surface area (Å²) in [5.74, 6) is 1.39. The third-order valence-electron chi connectivity index (χ3n) is 3.34. The van der Waals surface area contributed by atoms with E-state index in [0.29, 0.717) is 18.0 Å². The molecule has 5 heteroatoms. The molecule has 114 valence electrons. The number of ether oxygens (including phenoxy) is 2. The lowest BCUT2D eigenvalue weighted by Gasteiger charge is -2.18. The Labute approximate surface area is 121 Å². The number of benzene rings is 1. The maximum absolute atomic E-state index is 10.3. The summed E-state index contributed by atoms with van der Waals surface area (Å²) in [6, 6.07) is 5.43. The first-order valence-corrected chi connectivity index (χ1v) is 6.91. The van der Waals surface area contributed by atoms with Crippen LogP contribution in [0.5, 0.6) is 11.5 Å². The second kappa shape index (κ2) is 8.79. The molecule has 0 aliphatic carbocycles. The minimum Gasteiger partial charge on any atom is -0.497 e. The summed E-state index contributed by atoms with van der Waals surface area (Å²) in [6.45, 7) is 5.43. The summed E-state index contributed by atoms with van der Waals surface area (Å²) >= 11 is 0. The fraction of sp³-hybridized carbons (Fsp3) is 0.600. The topological polar surface area (TPSA) is 54.0 Å². The zero-order valence-electron chi connectivity index (χ0n) is 12.8. The van der Waals surface area contributed by atoms with Crippen molar-refractivity contribution in [2.75, 3.05) is 47.4 Å². The molecule has 0 amide bonds. The van der Waals surface area contributed by atoms with Gasteiger partial charge in [-0.15, -0.1) is 0 Å². The molecule has 0 aliphatic heterocycles. The van der Waals surface area contributed by atoms with E-state index < -0.39 is 6.10 Å². The lowest BCUT2D eigenvalue weighted by molar-refractivity contribution is 0.168. The van der Waals surface area contributed by atoms with Crippen LogP contribution in [0.4, 0.5) is 0 Å². The van der Waals surface area contributed by atoms with Crippen molar-refractivity contribution in [3.8, 4) is 11.5 Å². The van der Waals surface area contributed by atoms with Crippen molar-refractivity contribution in [3.05, 3.63) is 23.8 Å². The van der Waals surface area contributed by atoms with Gasteiger partial charge in [0.1, 0.15) is 11.5 Å². The highest BCUT2D eigenvalue weighted by atomic mass is 16.5. The summed E-state index contributed by atoms with van der Waals surface area (Å²) in [5.41, 5.74) is 0.739. The first-order chi connectivity index (χ1) is 9.62. The molecule has 0 aromatic heterocycles. The predicted octanol–water partition coefficient (Wildman–Crippen LogP) is 1.28. The van der Waals surface area contributed by atoms with E-state index in [1.807, 2.05) is 18.2 Å². The first kappa shape index (κ1) is 16.8. The second-order valence-corrected chi connectivity index (χ2v) is 4.72. The zero-order chi connectivity index (χ0) is 15.0. The summed E-state index contributed by atoms with van der Waals surface area (Å²) < 4.78 is 10.5. The Morgan fingerprint density at radius 2 is 2.05 bits per heavy atom. The highest BCUT2D eigenvalue weighted by Crippen LogP contribution is 2.28. The fourth-order valence-corrected chi connectivity index (χ4v) is 1.88. The Hall–Kier alpha value is -1.30. The van der Waals surface area contributed by atoms with E-state index in [2.05, 4.69) is 24.2 Å². The highest BCUT2D eigenvalue weighted by Gasteiger charge is 2.14. The van der Waals surface area contributed by atoms with Gasteiger partial charge in [-0.3, -0.25) is 0 Å². The van der Waals surface area contributed by atoms with Gasteiger partial charge in [0, 0.05) is 25.2 Å². The monoisotopic (exact) mass is 282 g/mol. The molecule has 0 radical (unpaired) electrons. The van der Waals surface area contributed by atoms with Crippen LogP contribution in [0.2, 0.25) is 0 Å². The molecular weight excluding hydrogens is 256 g/mol. The Bertz CT molecular complexity index is 399. The smallest absolute Gasteiger partial charge is 0.124 e. The molecule has 0 spiro atoms. The van der Waals surface area contributed by atoms with Gasteiger partial charge in [0.05, 0.1) is 20.3 Å². The second-order valence-electron chi connectivity index (χ2n) is 4.72. The molecule has 2 N–H and O–H groups in total. The molecule has 1 atom stereocenters. The lowest BCUT2D eigenvalue weighted by Crippen LogP contribution is -2.31. The van der Waals surface area contributed by atoms with E-state index in [9.17, 15) is 5.11 Å². The summed E-state index contributed by atoms with van der Waals surface area (Å²) in [4.78, 5) is 2.21. The van der Waals surface area contributed by atoms with Crippen LogP contribution >= 0.6 is 0 Å². The van der Waals surface area contributed by atoms with Gasteiger partial charge >= 0.3 is 0 Å². The largest absolute Gasteiger partial charge is 0.497 e. The quantitative estimate of drug-likeness (QED) is 0.668. The maximum Gasteiger partial charge on any atom is 0.124 e. The maximum atomic E-state index is 10.3. The summed E-state index contributed by atoms with van der Waals surface area (Å²) in [7, 11) is 5.28. The number of rotatable bonds is 9. The van der Waals surface area contributed by atoms with E-state index in [1.54, 1.807) is 14.2 Å². The van der Waals surface area contributed by atoms with Gasteiger partial charge in [0.15, 0.2) is 0 Å². The van der Waals surface area contributed by atoms with Crippen LogP contribution in [0.15, 0.2) is 18.2 Å². The van der Waals surface area contributed by atoms with Crippen molar-refractivity contribution < 1.29 is 14.6 Å². The van der Waals surface area contributed by atoms with Gasteiger partial charge in [-0.05, 0) is 31.8 Å². The molecule has 0 saturated heterocycles. The van der Waals surface area contributed by atoms with Crippen LogP contribution in [0.1, 0.15) is 18.6 Å². The fourth-order valence-electron chi connectivity index (χ4n) is 1.88. The summed E-state index contributed by atoms with van der Waals surface area (Å²) in [6.07, 6.45) is -0.619. The molecule has 1 unspecified atom stereocenters. The first-order valence-electron chi connectivity index (χ1n) is 6.91. The van der Waals surface area contributed by atoms with E-state index in [-0.39, 0.29) is 0 Å². The highest BCUT2D eigenvalue weighted by molar-refractivity contribution is 5.41. The SMILES string of the molecule is CCN(C)CCNCC(O)c1cc(OC)ccc1OC. The molecule has 5 nitrogen and oxygen atoms in total. The standard InChI is InChI=1S/C15H26N2O3/c1-5-17(2)9-8-16-11-14(18)13-10-12(19-3)6-7-15(13)20-4/h6-7,10,14,16,18H,5,8-9,11H2,1-4H3. The molecule has 0 heterocycles. The third kappa shape index (κ3) is 5.00. The van der Waals surface area contributed by atoms with Crippen LogP contribution in [0.25, 0.3) is 0 Å². The summed E-state index contributed by atoms with van der Waals surface area (Å²) in [5, 5.41) is 13.5. The minimum absolute atomic E-state index is 0.487. The van der Waals surface area contributed by atoms with Gasteiger partial charge in [-0.1, -0.05) is 6.92 Å². The molecule has 20 heavy (non-hydrogen) atoms. The molecule has 1 aromatic carbocycles. The van der Waals surface area contributed by atoms with E-state index in [1.165, 1.54) is 0 Å². The zero-order valence-corrected chi connectivity index (χ0v) is 12.8. The average Bonchev–Trinajstić information content (AvgIpc) is 2.50. The van der Waals surface area contributed by atoms with Crippen LogP contribution in [-0.2, 0) is 0 Å². The number of nitrogens with zero attached hydrogens (tertiary/aromatic N) is 1. The Morgan fingerprint density at radius 1 is 1.30 bits per heavy atom. The van der Waals surface area contributed by atoms with E-state index in [4.69, 9.17) is 9.47 Å². The number of aliphatic hydroxyl groups excluding tert-OH is 1. The van der Waals surface area contributed by atoms with Gasteiger partial charge < -0.3 is 24.8 Å². The van der Waals surface area contributed by atoms with Crippen LogP contribution in [0, 0.1) is 0 Å². The number of hydrogen-bond donors (Lipinski definition) is 2. The van der Waals surface area contributed by atoms with Gasteiger partial charge in [0.25, 0.3) is 0 Å². The number of methoxy groups -OCH3 is 2. The molecule has 0 fully saturated rings. The number of aliphatic hydroxyl groups is 1. The van der Waals surface area contributed by atoms with Crippen LogP contribution in [0.3, 0.4) is 0 Å². The molecule has 0 aliphatic rings. The van der Waals surface area contributed by atoms with E-state index >= 15 is 0 Å². The normalized spacial score (nSPS) is 12.5. The van der Waals surface area contributed by atoms with Crippen molar-refractivity contribution in [1.29, 1.82) is 0 Å². The number of nitrogens with one attached hydrogen (secondary N) is 1. The van der Waals surface area contributed by atoms with Crippen molar-refractivity contribution in [2.24, 2.45) is 0 Å². The Kier molecular flexibility index (Phi) is 7.36. The van der Waals surface area contributed by atoms with Crippen molar-refractivity contribution in [3.63, 3.8) is 0 Å². The number of hydrogen-bond acceptors (Lipinski definition) is 5. The molecule has 0 saturated carbocycles. The minimum atomic E-state index is -0.619. The average molecular weight is 282 g/mol. The van der Waals surface area contributed by atoms with Gasteiger partial charge in [0.2, 0.25) is 0 Å². The Balaban J connectivity index is 2.55. The van der Waals surface area contributed by atoms with Crippen molar-refractivity contribution in [1.82, 2.24) is 10.2 Å². The van der Waals surface area contributed by atoms with Gasteiger partial charge in [-0.2, -0.15) is 0 Å². The van der Waals surface area contributed by atoms with Crippen molar-refractivity contribution >= 4 is 0 Å². The van der Waals surface area contributed by atoms with E-state index in [0.717, 1.165) is 25.2 Å². The molecular formula is C15H26N2O3. The van der Waals surface area contributed by atoms with Crippen LogP contribution in [-0.4, -0.2) is 57.5 Å². The predicted molar refractivity (Wildman–Crippen MR) is 80.5 cm³/mol. The van der Waals surface area contributed by atoms with Crippen LogP contribution < -0.4 is 14.8 Å². The molecule has 1 rings (SSSR count).